The van der Waals surface area contributed by atoms with Crippen LogP contribution < -0.4 is 15.8 Å². The second kappa shape index (κ2) is 6.90. The number of carbonyl (C=O) groups is 1. The monoisotopic (exact) mass is 288 g/mol. The molecule has 1 aromatic heterocycles. The molecule has 0 spiro atoms. The molecule has 0 fully saturated rings. The molecule has 1 aromatic carbocycles. The Labute approximate surface area is 123 Å². The average molecular weight is 288 g/mol. The molecule has 0 aliphatic carbocycles. The highest BCUT2D eigenvalue weighted by Gasteiger charge is 2.08. The van der Waals surface area contributed by atoms with Crippen molar-refractivity contribution in [2.45, 2.75) is 26.4 Å². The van der Waals surface area contributed by atoms with E-state index in [9.17, 15) is 4.79 Å². The summed E-state index contributed by atoms with van der Waals surface area (Å²) < 4.78 is 7.19. The van der Waals surface area contributed by atoms with Crippen LogP contribution in [-0.4, -0.2) is 22.3 Å². The number of aromatic nitrogens is 2. The van der Waals surface area contributed by atoms with Gasteiger partial charge in [-0.1, -0.05) is 18.2 Å². The molecule has 21 heavy (non-hydrogen) atoms. The zero-order chi connectivity index (χ0) is 15.2. The van der Waals surface area contributed by atoms with E-state index >= 15 is 0 Å². The number of benzene rings is 1. The van der Waals surface area contributed by atoms with Crippen molar-refractivity contribution in [3.8, 4) is 5.75 Å². The third-order valence-electron chi connectivity index (χ3n) is 2.99. The predicted molar refractivity (Wildman–Crippen MR) is 81.1 cm³/mol. The standard InChI is InChI=1S/C15H20N4O2/c1-11(2)19-9-13(8-17-19)21-10-15(20)18-14-6-4-3-5-12(14)7-16/h3-6,8-9,11H,7,10,16H2,1-2H3,(H,18,20). The number of ether oxygens (including phenoxy) is 1. The Kier molecular flexibility index (Phi) is 4.94. The van der Waals surface area contributed by atoms with Crippen LogP contribution in [0.3, 0.4) is 0 Å². The number of nitrogens with one attached hydrogen (secondary N) is 1. The number of para-hydroxylation sites is 1. The van der Waals surface area contributed by atoms with E-state index in [1.54, 1.807) is 17.1 Å². The van der Waals surface area contributed by atoms with E-state index < -0.39 is 0 Å². The van der Waals surface area contributed by atoms with Crippen LogP contribution in [0.15, 0.2) is 36.7 Å². The second-order valence-electron chi connectivity index (χ2n) is 4.95. The zero-order valence-corrected chi connectivity index (χ0v) is 12.2. The molecule has 0 radical (unpaired) electrons. The van der Waals surface area contributed by atoms with Gasteiger partial charge in [0.25, 0.3) is 5.91 Å². The fourth-order valence-electron chi connectivity index (χ4n) is 1.83. The van der Waals surface area contributed by atoms with E-state index in [2.05, 4.69) is 10.4 Å². The summed E-state index contributed by atoms with van der Waals surface area (Å²) in [7, 11) is 0. The van der Waals surface area contributed by atoms with E-state index in [-0.39, 0.29) is 18.6 Å². The zero-order valence-electron chi connectivity index (χ0n) is 12.2. The first kappa shape index (κ1) is 15.1. The first-order valence-electron chi connectivity index (χ1n) is 6.85. The van der Waals surface area contributed by atoms with Crippen molar-refractivity contribution in [2.24, 2.45) is 5.73 Å². The van der Waals surface area contributed by atoms with Gasteiger partial charge in [0.15, 0.2) is 12.4 Å². The van der Waals surface area contributed by atoms with Gasteiger partial charge in [0, 0.05) is 18.3 Å². The largest absolute Gasteiger partial charge is 0.480 e. The van der Waals surface area contributed by atoms with Crippen LogP contribution in [0, 0.1) is 0 Å². The Morgan fingerprint density at radius 3 is 2.86 bits per heavy atom. The van der Waals surface area contributed by atoms with Gasteiger partial charge in [0.1, 0.15) is 0 Å². The van der Waals surface area contributed by atoms with Crippen molar-refractivity contribution >= 4 is 11.6 Å². The number of amides is 1. The molecule has 2 aromatic rings. The van der Waals surface area contributed by atoms with Crippen LogP contribution in [0.25, 0.3) is 0 Å². The molecular formula is C15H20N4O2. The summed E-state index contributed by atoms with van der Waals surface area (Å²) >= 11 is 0. The van der Waals surface area contributed by atoms with Crippen LogP contribution in [0.1, 0.15) is 25.5 Å². The van der Waals surface area contributed by atoms with Crippen LogP contribution in [0.4, 0.5) is 5.69 Å². The number of rotatable bonds is 6. The fraction of sp³-hybridized carbons (Fsp3) is 0.333. The first-order valence-corrected chi connectivity index (χ1v) is 6.85. The highest BCUT2D eigenvalue weighted by atomic mass is 16.5. The minimum atomic E-state index is -0.229. The number of nitrogens with two attached hydrogens (primary N) is 1. The lowest BCUT2D eigenvalue weighted by Crippen LogP contribution is -2.21. The maximum Gasteiger partial charge on any atom is 0.262 e. The summed E-state index contributed by atoms with van der Waals surface area (Å²) in [5.74, 6) is 0.346. The molecule has 1 amide bonds. The molecule has 1 heterocycles. The van der Waals surface area contributed by atoms with Gasteiger partial charge in [-0.2, -0.15) is 5.10 Å². The molecule has 6 heteroatoms. The lowest BCUT2D eigenvalue weighted by atomic mass is 10.2. The number of carbonyl (C=O) groups excluding carboxylic acids is 1. The molecule has 112 valence electrons. The summed E-state index contributed by atoms with van der Waals surface area (Å²) in [6.45, 7) is 4.35. The highest BCUT2D eigenvalue weighted by molar-refractivity contribution is 5.92. The number of hydrogen-bond donors (Lipinski definition) is 2. The quantitative estimate of drug-likeness (QED) is 0.851. The van der Waals surface area contributed by atoms with Gasteiger partial charge >= 0.3 is 0 Å². The summed E-state index contributed by atoms with van der Waals surface area (Å²) in [5.41, 5.74) is 7.23. The van der Waals surface area contributed by atoms with Gasteiger partial charge in [-0.3, -0.25) is 9.48 Å². The minimum absolute atomic E-state index is 0.0668. The third-order valence-corrected chi connectivity index (χ3v) is 2.99. The summed E-state index contributed by atoms with van der Waals surface area (Å²) in [5, 5.41) is 6.94. The van der Waals surface area contributed by atoms with E-state index in [4.69, 9.17) is 10.5 Å². The van der Waals surface area contributed by atoms with Crippen LogP contribution in [0.5, 0.6) is 5.75 Å². The third kappa shape index (κ3) is 4.06. The molecule has 0 bridgehead atoms. The predicted octanol–water partition coefficient (Wildman–Crippen LogP) is 1.94. The van der Waals surface area contributed by atoms with Gasteiger partial charge in [-0.25, -0.2) is 0 Å². The van der Waals surface area contributed by atoms with Crippen molar-refractivity contribution in [3.63, 3.8) is 0 Å². The topological polar surface area (TPSA) is 82.2 Å². The van der Waals surface area contributed by atoms with Crippen LogP contribution >= 0.6 is 0 Å². The fourth-order valence-corrected chi connectivity index (χ4v) is 1.83. The van der Waals surface area contributed by atoms with Gasteiger partial charge in [-0.15, -0.1) is 0 Å². The van der Waals surface area contributed by atoms with Crippen LogP contribution in [0.2, 0.25) is 0 Å². The summed E-state index contributed by atoms with van der Waals surface area (Å²) in [6.07, 6.45) is 3.37. The Hall–Kier alpha value is -2.34. The van der Waals surface area contributed by atoms with Crippen molar-refractivity contribution in [1.82, 2.24) is 9.78 Å². The van der Waals surface area contributed by atoms with E-state index in [1.807, 2.05) is 38.1 Å². The normalized spacial score (nSPS) is 10.7. The van der Waals surface area contributed by atoms with Crippen molar-refractivity contribution < 1.29 is 9.53 Å². The summed E-state index contributed by atoms with van der Waals surface area (Å²) in [4.78, 5) is 11.9. The number of hydrogen-bond acceptors (Lipinski definition) is 4. The Morgan fingerprint density at radius 2 is 2.19 bits per heavy atom. The molecule has 3 N–H and O–H groups in total. The molecule has 6 nitrogen and oxygen atoms in total. The minimum Gasteiger partial charge on any atom is -0.480 e. The van der Waals surface area contributed by atoms with E-state index in [1.165, 1.54) is 0 Å². The second-order valence-corrected chi connectivity index (χ2v) is 4.95. The van der Waals surface area contributed by atoms with Crippen molar-refractivity contribution in [2.75, 3.05) is 11.9 Å². The molecule has 0 aliphatic heterocycles. The van der Waals surface area contributed by atoms with Gasteiger partial charge < -0.3 is 15.8 Å². The Bertz CT molecular complexity index is 607. The smallest absolute Gasteiger partial charge is 0.262 e. The van der Waals surface area contributed by atoms with Gasteiger partial charge in [-0.05, 0) is 25.5 Å². The molecule has 0 saturated carbocycles. The summed E-state index contributed by atoms with van der Waals surface area (Å²) in [6, 6.07) is 7.68. The van der Waals surface area contributed by atoms with E-state index in [0.29, 0.717) is 18.0 Å². The number of nitrogens with zero attached hydrogens (tertiary/aromatic N) is 2. The SMILES string of the molecule is CC(C)n1cc(OCC(=O)Nc2ccccc2CN)cn1. The molecule has 2 rings (SSSR count). The van der Waals surface area contributed by atoms with Gasteiger partial charge in [0.05, 0.1) is 12.4 Å². The lowest BCUT2D eigenvalue weighted by molar-refractivity contribution is -0.118. The molecule has 0 aliphatic rings. The molecule has 0 unspecified atom stereocenters. The Balaban J connectivity index is 1.89. The molecule has 0 atom stereocenters. The molecule has 0 saturated heterocycles. The lowest BCUT2D eigenvalue weighted by Gasteiger charge is -2.09. The Morgan fingerprint density at radius 1 is 1.43 bits per heavy atom. The van der Waals surface area contributed by atoms with Crippen LogP contribution in [-0.2, 0) is 11.3 Å². The van der Waals surface area contributed by atoms with Crippen molar-refractivity contribution in [3.05, 3.63) is 42.2 Å². The first-order chi connectivity index (χ1) is 10.1. The number of anilines is 1. The van der Waals surface area contributed by atoms with Gasteiger partial charge in [0.2, 0.25) is 0 Å². The average Bonchev–Trinajstić information content (AvgIpc) is 2.95. The highest BCUT2D eigenvalue weighted by Crippen LogP contribution is 2.15. The maximum atomic E-state index is 11.9. The molecular weight excluding hydrogens is 268 g/mol. The van der Waals surface area contributed by atoms with E-state index in [0.717, 1.165) is 5.56 Å². The van der Waals surface area contributed by atoms with Crippen molar-refractivity contribution in [1.29, 1.82) is 0 Å². The maximum absolute atomic E-state index is 11.9.